The molecule has 17 heavy (non-hydrogen) atoms. The molecule has 0 radical (unpaired) electrons. The molecule has 0 aliphatic heterocycles. The minimum absolute atomic E-state index is 0.195. The van der Waals surface area contributed by atoms with Gasteiger partial charge in [-0.15, -0.1) is 0 Å². The highest BCUT2D eigenvalue weighted by Gasteiger charge is 2.00. The van der Waals surface area contributed by atoms with E-state index in [-0.39, 0.29) is 5.56 Å². The summed E-state index contributed by atoms with van der Waals surface area (Å²) in [4.78, 5) is 13.8. The number of hydrogen-bond acceptors (Lipinski definition) is 3. The van der Waals surface area contributed by atoms with Crippen LogP contribution in [0.3, 0.4) is 0 Å². The van der Waals surface area contributed by atoms with Crippen LogP contribution in [0.2, 0.25) is 0 Å². The second-order valence-electron chi connectivity index (χ2n) is 3.45. The van der Waals surface area contributed by atoms with Gasteiger partial charge in [0.05, 0.1) is 5.69 Å². The summed E-state index contributed by atoms with van der Waals surface area (Å²) in [6, 6.07) is 2.95. The van der Waals surface area contributed by atoms with Crippen molar-refractivity contribution in [2.24, 2.45) is 0 Å². The van der Waals surface area contributed by atoms with Crippen LogP contribution in [0, 0.1) is 0 Å². The van der Waals surface area contributed by atoms with Crippen LogP contribution in [0.4, 0.5) is 11.5 Å². The second-order valence-corrected chi connectivity index (χ2v) is 3.45. The maximum atomic E-state index is 11.2. The van der Waals surface area contributed by atoms with Crippen LogP contribution >= 0.6 is 0 Å². The van der Waals surface area contributed by atoms with E-state index in [0.717, 1.165) is 12.1 Å². The average Bonchev–Trinajstić information content (AvgIpc) is 2.31. The third-order valence-corrected chi connectivity index (χ3v) is 2.05. The fourth-order valence-electron chi connectivity index (χ4n) is 1.24. The van der Waals surface area contributed by atoms with Crippen LogP contribution in [0.25, 0.3) is 0 Å². The molecular weight excluding hydrogens is 214 g/mol. The lowest BCUT2D eigenvalue weighted by molar-refractivity contribution is 1.20. The highest BCUT2D eigenvalue weighted by molar-refractivity contribution is 5.63. The Morgan fingerprint density at radius 1 is 1.59 bits per heavy atom. The predicted octanol–water partition coefficient (Wildman–Crippen LogP) is 2.41. The topological polar surface area (TPSA) is 70.9 Å². The van der Waals surface area contributed by atoms with Gasteiger partial charge in [0.15, 0.2) is 0 Å². The number of aromatic nitrogens is 1. The van der Waals surface area contributed by atoms with E-state index in [1.165, 1.54) is 6.07 Å². The van der Waals surface area contributed by atoms with Crippen molar-refractivity contribution in [2.45, 2.75) is 13.3 Å². The van der Waals surface area contributed by atoms with Gasteiger partial charge < -0.3 is 16.0 Å². The summed E-state index contributed by atoms with van der Waals surface area (Å²) in [5.41, 5.74) is 6.86. The van der Waals surface area contributed by atoms with E-state index in [4.69, 9.17) is 5.73 Å². The Morgan fingerprint density at radius 3 is 3.00 bits per heavy atom. The molecule has 90 valence electrons. The molecule has 4 N–H and O–H groups in total. The van der Waals surface area contributed by atoms with Gasteiger partial charge in [0, 0.05) is 11.8 Å². The van der Waals surface area contributed by atoms with E-state index >= 15 is 0 Å². The summed E-state index contributed by atoms with van der Waals surface area (Å²) < 4.78 is 0. The van der Waals surface area contributed by atoms with Crippen molar-refractivity contribution in [3.05, 3.63) is 59.1 Å². The molecule has 0 unspecified atom stereocenters. The molecule has 1 rings (SSSR count). The molecule has 1 aromatic heterocycles. The summed E-state index contributed by atoms with van der Waals surface area (Å²) in [5.74, 6) is 0.492. The molecular formula is C13H17N3O. The largest absolute Gasteiger partial charge is 0.396 e. The highest BCUT2D eigenvalue weighted by Crippen LogP contribution is 2.14. The molecule has 0 atom stereocenters. The van der Waals surface area contributed by atoms with E-state index < -0.39 is 0 Å². The third-order valence-electron chi connectivity index (χ3n) is 2.05. The van der Waals surface area contributed by atoms with Gasteiger partial charge in [-0.25, -0.2) is 0 Å². The number of nitrogens with two attached hydrogens (primary N) is 1. The van der Waals surface area contributed by atoms with Crippen LogP contribution in [0.15, 0.2) is 53.5 Å². The summed E-state index contributed by atoms with van der Waals surface area (Å²) in [5, 5.41) is 3.05. The van der Waals surface area contributed by atoms with Crippen molar-refractivity contribution in [1.82, 2.24) is 4.98 Å². The van der Waals surface area contributed by atoms with Crippen LogP contribution in [0.1, 0.15) is 13.3 Å². The van der Waals surface area contributed by atoms with Crippen molar-refractivity contribution in [1.29, 1.82) is 0 Å². The number of pyridine rings is 1. The van der Waals surface area contributed by atoms with E-state index in [1.54, 1.807) is 18.2 Å². The number of anilines is 2. The van der Waals surface area contributed by atoms with E-state index in [0.29, 0.717) is 11.5 Å². The van der Waals surface area contributed by atoms with Crippen molar-refractivity contribution in [3.63, 3.8) is 0 Å². The zero-order valence-corrected chi connectivity index (χ0v) is 9.86. The quantitative estimate of drug-likeness (QED) is 0.681. The standard InChI is InChI=1S/C13H17N3O/c1-3-5-7-10(6-4-2)15-13-11(14)8-9-12(17)16-13/h4-9H,2-3,14H2,1H3,(H2,15,16,17)/b7-5-,10-6+. The number of hydrogen-bond donors (Lipinski definition) is 3. The molecule has 0 saturated heterocycles. The Hall–Kier alpha value is -2.23. The van der Waals surface area contributed by atoms with E-state index in [2.05, 4.69) is 16.9 Å². The van der Waals surface area contributed by atoms with Gasteiger partial charge in [-0.3, -0.25) is 4.79 Å². The SMILES string of the molecule is C=C/C=C(\C=C/CC)Nc1[nH]c(=O)ccc1N. The minimum atomic E-state index is -0.195. The molecule has 0 amide bonds. The summed E-state index contributed by atoms with van der Waals surface area (Å²) in [7, 11) is 0. The molecule has 1 aromatic rings. The first-order valence-electron chi connectivity index (χ1n) is 5.42. The Bertz CT molecular complexity index is 498. The van der Waals surface area contributed by atoms with Crippen LogP contribution < -0.4 is 16.6 Å². The Labute approximate surface area is 101 Å². The monoisotopic (exact) mass is 231 g/mol. The van der Waals surface area contributed by atoms with E-state index in [1.807, 2.05) is 19.1 Å². The van der Waals surface area contributed by atoms with Crippen LogP contribution in [0.5, 0.6) is 0 Å². The first kappa shape index (κ1) is 12.8. The summed E-state index contributed by atoms with van der Waals surface area (Å²) in [6.07, 6.45) is 8.31. The molecule has 0 saturated carbocycles. The molecule has 0 aliphatic rings. The third kappa shape index (κ3) is 4.03. The second kappa shape index (κ2) is 6.37. The van der Waals surface area contributed by atoms with E-state index in [9.17, 15) is 4.79 Å². The molecule has 1 heterocycles. The zero-order valence-electron chi connectivity index (χ0n) is 9.86. The molecule has 4 nitrogen and oxygen atoms in total. The first-order chi connectivity index (χ1) is 8.17. The van der Waals surface area contributed by atoms with Crippen LogP contribution in [-0.2, 0) is 0 Å². The van der Waals surface area contributed by atoms with Crippen molar-refractivity contribution < 1.29 is 0 Å². The first-order valence-corrected chi connectivity index (χ1v) is 5.42. The van der Waals surface area contributed by atoms with Gasteiger partial charge in [0.1, 0.15) is 5.82 Å². The Kier molecular flexibility index (Phi) is 4.81. The number of H-pyrrole nitrogens is 1. The van der Waals surface area contributed by atoms with Gasteiger partial charge in [0.25, 0.3) is 0 Å². The Balaban J connectivity index is 2.97. The number of aromatic amines is 1. The summed E-state index contributed by atoms with van der Waals surface area (Å²) in [6.45, 7) is 5.68. The highest BCUT2D eigenvalue weighted by atomic mass is 16.1. The smallest absolute Gasteiger partial charge is 0.249 e. The minimum Gasteiger partial charge on any atom is -0.396 e. The fourth-order valence-corrected chi connectivity index (χ4v) is 1.24. The summed E-state index contributed by atoms with van der Waals surface area (Å²) >= 11 is 0. The number of nitrogen functional groups attached to an aromatic ring is 1. The lowest BCUT2D eigenvalue weighted by Crippen LogP contribution is -2.11. The fraction of sp³-hybridized carbons (Fsp3) is 0.154. The zero-order chi connectivity index (χ0) is 12.7. The number of rotatable bonds is 5. The molecule has 0 spiro atoms. The molecule has 4 heteroatoms. The maximum Gasteiger partial charge on any atom is 0.249 e. The van der Waals surface area contributed by atoms with Crippen LogP contribution in [-0.4, -0.2) is 4.98 Å². The van der Waals surface area contributed by atoms with Gasteiger partial charge >= 0.3 is 0 Å². The molecule has 0 aromatic carbocycles. The lowest BCUT2D eigenvalue weighted by Gasteiger charge is -2.08. The normalized spacial score (nSPS) is 11.7. The predicted molar refractivity (Wildman–Crippen MR) is 72.8 cm³/mol. The maximum absolute atomic E-state index is 11.2. The van der Waals surface area contributed by atoms with Gasteiger partial charge in [-0.05, 0) is 24.6 Å². The lowest BCUT2D eigenvalue weighted by atomic mass is 10.3. The van der Waals surface area contributed by atoms with Gasteiger partial charge in [-0.2, -0.15) is 0 Å². The molecule has 0 aliphatic carbocycles. The van der Waals surface area contributed by atoms with Gasteiger partial charge in [0.2, 0.25) is 5.56 Å². The van der Waals surface area contributed by atoms with Crippen molar-refractivity contribution in [3.8, 4) is 0 Å². The van der Waals surface area contributed by atoms with Crippen molar-refractivity contribution >= 4 is 11.5 Å². The average molecular weight is 231 g/mol. The Morgan fingerprint density at radius 2 is 2.35 bits per heavy atom. The van der Waals surface area contributed by atoms with Gasteiger partial charge in [-0.1, -0.05) is 25.7 Å². The number of nitrogens with one attached hydrogen (secondary N) is 2. The molecule has 0 bridgehead atoms. The van der Waals surface area contributed by atoms with Crippen molar-refractivity contribution in [2.75, 3.05) is 11.1 Å². The molecule has 0 fully saturated rings. The number of allylic oxidation sites excluding steroid dienone is 4.